The number of benzene rings is 3. The maximum atomic E-state index is 12.7. The molecule has 1 aliphatic heterocycles. The number of halogens is 2. The number of carbonyl (C=O) groups is 2. The number of anilines is 2. The van der Waals surface area contributed by atoms with E-state index in [2.05, 4.69) is 5.32 Å². The molecule has 1 saturated heterocycles. The lowest BCUT2D eigenvalue weighted by Gasteiger charge is -2.26. The molecular formula is C24H20Cl2N2O3S. The second-order valence-electron chi connectivity index (χ2n) is 7.03. The maximum Gasteiger partial charge on any atom is 0.257 e. The number of para-hydroxylation sites is 2. The van der Waals surface area contributed by atoms with Gasteiger partial charge in [-0.3, -0.25) is 14.5 Å². The van der Waals surface area contributed by atoms with Crippen LogP contribution in [0.3, 0.4) is 0 Å². The number of thioether (sulfide) groups is 1. The summed E-state index contributed by atoms with van der Waals surface area (Å²) in [7, 11) is 0. The second-order valence-corrected chi connectivity index (χ2v) is 8.94. The number of nitrogens with one attached hydrogen (secondary N) is 1. The van der Waals surface area contributed by atoms with Crippen molar-refractivity contribution < 1.29 is 14.3 Å². The molecule has 4 rings (SSSR count). The van der Waals surface area contributed by atoms with Crippen LogP contribution in [0, 0.1) is 0 Å². The molecule has 0 bridgehead atoms. The number of rotatable bonds is 6. The molecular weight excluding hydrogens is 467 g/mol. The Labute approximate surface area is 200 Å². The Bertz CT molecular complexity index is 1150. The summed E-state index contributed by atoms with van der Waals surface area (Å²) in [6, 6.07) is 19.7. The SMILES string of the molecule is CCOc1ccccc1N1C(=O)CSC1c1ccc(NC(=O)c2ccc(Cl)cc2Cl)cc1. The molecule has 2 amide bonds. The van der Waals surface area contributed by atoms with E-state index >= 15 is 0 Å². The summed E-state index contributed by atoms with van der Waals surface area (Å²) in [6.45, 7) is 2.43. The molecule has 1 unspecified atom stereocenters. The summed E-state index contributed by atoms with van der Waals surface area (Å²) in [4.78, 5) is 27.0. The minimum atomic E-state index is -0.322. The molecule has 32 heavy (non-hydrogen) atoms. The Morgan fingerprint density at radius 1 is 1.12 bits per heavy atom. The molecule has 0 aromatic heterocycles. The van der Waals surface area contributed by atoms with Crippen molar-refractivity contribution in [1.82, 2.24) is 0 Å². The minimum absolute atomic E-state index is 0.0295. The molecule has 1 atom stereocenters. The fraction of sp³-hybridized carbons (Fsp3) is 0.167. The van der Waals surface area contributed by atoms with E-state index in [9.17, 15) is 9.59 Å². The first kappa shape index (κ1) is 22.5. The van der Waals surface area contributed by atoms with Crippen LogP contribution in [-0.2, 0) is 4.79 Å². The molecule has 0 aliphatic carbocycles. The molecule has 1 N–H and O–H groups in total. The molecule has 3 aromatic carbocycles. The highest BCUT2D eigenvalue weighted by molar-refractivity contribution is 8.00. The van der Waals surface area contributed by atoms with Gasteiger partial charge < -0.3 is 10.1 Å². The monoisotopic (exact) mass is 486 g/mol. The fourth-order valence-corrected chi connectivity index (χ4v) is 5.13. The van der Waals surface area contributed by atoms with Crippen molar-refractivity contribution in [2.75, 3.05) is 22.6 Å². The highest BCUT2D eigenvalue weighted by Gasteiger charge is 2.35. The Balaban J connectivity index is 1.54. The summed E-state index contributed by atoms with van der Waals surface area (Å²) < 4.78 is 5.73. The van der Waals surface area contributed by atoms with Gasteiger partial charge in [0.1, 0.15) is 11.1 Å². The summed E-state index contributed by atoms with van der Waals surface area (Å²) in [5, 5.41) is 3.41. The van der Waals surface area contributed by atoms with E-state index in [4.69, 9.17) is 27.9 Å². The lowest BCUT2D eigenvalue weighted by Crippen LogP contribution is -2.28. The van der Waals surface area contributed by atoms with Crippen molar-refractivity contribution in [1.29, 1.82) is 0 Å². The van der Waals surface area contributed by atoms with Gasteiger partial charge in [0.25, 0.3) is 5.91 Å². The molecule has 5 nitrogen and oxygen atoms in total. The van der Waals surface area contributed by atoms with Gasteiger partial charge in [-0.25, -0.2) is 0 Å². The molecule has 1 aliphatic rings. The van der Waals surface area contributed by atoms with Crippen molar-refractivity contribution in [3.8, 4) is 5.75 Å². The molecule has 1 heterocycles. The summed E-state index contributed by atoms with van der Waals surface area (Å²) in [5.41, 5.74) is 2.68. The van der Waals surface area contributed by atoms with Gasteiger partial charge in [-0.2, -0.15) is 0 Å². The highest BCUT2D eigenvalue weighted by Crippen LogP contribution is 2.44. The number of hydrogen-bond acceptors (Lipinski definition) is 4. The summed E-state index contributed by atoms with van der Waals surface area (Å²) in [5.74, 6) is 0.775. The van der Waals surface area contributed by atoms with Crippen LogP contribution in [0.4, 0.5) is 11.4 Å². The van der Waals surface area contributed by atoms with Crippen molar-refractivity contribution in [2.45, 2.75) is 12.3 Å². The second kappa shape index (κ2) is 9.86. The van der Waals surface area contributed by atoms with Gasteiger partial charge in [-0.1, -0.05) is 47.5 Å². The number of hydrogen-bond donors (Lipinski definition) is 1. The first-order chi connectivity index (χ1) is 15.5. The third kappa shape index (κ3) is 4.72. The van der Waals surface area contributed by atoms with E-state index in [1.165, 1.54) is 6.07 Å². The van der Waals surface area contributed by atoms with Crippen LogP contribution in [0.1, 0.15) is 28.2 Å². The van der Waals surface area contributed by atoms with E-state index in [1.54, 1.807) is 28.8 Å². The molecule has 0 saturated carbocycles. The standard InChI is InChI=1S/C24H20Cl2N2O3S/c1-2-31-21-6-4-3-5-20(21)28-22(29)14-32-24(28)15-7-10-17(11-8-15)27-23(30)18-12-9-16(25)13-19(18)26/h3-13,24H,2,14H2,1H3,(H,27,30). The smallest absolute Gasteiger partial charge is 0.257 e. The van der Waals surface area contributed by atoms with Gasteiger partial charge in [0.15, 0.2) is 0 Å². The summed E-state index contributed by atoms with van der Waals surface area (Å²) in [6.07, 6.45) is 0. The molecule has 164 valence electrons. The number of amides is 2. The zero-order valence-electron chi connectivity index (χ0n) is 17.2. The maximum absolute atomic E-state index is 12.7. The molecule has 0 radical (unpaired) electrons. The van der Waals surface area contributed by atoms with E-state index in [1.807, 2.05) is 55.5 Å². The quantitative estimate of drug-likeness (QED) is 0.436. The van der Waals surface area contributed by atoms with E-state index < -0.39 is 0 Å². The van der Waals surface area contributed by atoms with Crippen LogP contribution in [0.2, 0.25) is 10.0 Å². The Morgan fingerprint density at radius 3 is 2.59 bits per heavy atom. The van der Waals surface area contributed by atoms with E-state index in [0.717, 1.165) is 11.3 Å². The Morgan fingerprint density at radius 2 is 1.88 bits per heavy atom. The van der Waals surface area contributed by atoms with E-state index in [-0.39, 0.29) is 22.2 Å². The first-order valence-corrected chi connectivity index (χ1v) is 11.8. The number of ether oxygens (including phenoxy) is 1. The lowest BCUT2D eigenvalue weighted by molar-refractivity contribution is -0.115. The third-order valence-corrected chi connectivity index (χ3v) is 6.68. The van der Waals surface area contributed by atoms with Gasteiger partial charge in [-0.05, 0) is 55.0 Å². The number of carbonyl (C=O) groups excluding carboxylic acids is 2. The largest absolute Gasteiger partial charge is 0.492 e. The van der Waals surface area contributed by atoms with Gasteiger partial charge >= 0.3 is 0 Å². The average Bonchev–Trinajstić information content (AvgIpc) is 3.16. The van der Waals surface area contributed by atoms with Crippen LogP contribution in [-0.4, -0.2) is 24.2 Å². The Hall–Kier alpha value is -2.67. The van der Waals surface area contributed by atoms with Crippen molar-refractivity contribution in [2.24, 2.45) is 0 Å². The predicted octanol–water partition coefficient (Wildman–Crippen LogP) is 6.42. The van der Waals surface area contributed by atoms with Gasteiger partial charge in [0.05, 0.1) is 28.6 Å². The normalized spacial score (nSPS) is 15.7. The van der Waals surface area contributed by atoms with Gasteiger partial charge in [-0.15, -0.1) is 11.8 Å². The van der Waals surface area contributed by atoms with Crippen molar-refractivity contribution >= 4 is 58.2 Å². The average molecular weight is 487 g/mol. The fourth-order valence-electron chi connectivity index (χ4n) is 3.47. The van der Waals surface area contributed by atoms with Crippen molar-refractivity contribution in [3.63, 3.8) is 0 Å². The third-order valence-electron chi connectivity index (χ3n) is 4.92. The molecule has 8 heteroatoms. The van der Waals surface area contributed by atoms with E-state index in [0.29, 0.717) is 34.4 Å². The number of nitrogens with zero attached hydrogens (tertiary/aromatic N) is 1. The van der Waals surface area contributed by atoms with Gasteiger partial charge in [0.2, 0.25) is 5.91 Å². The zero-order valence-corrected chi connectivity index (χ0v) is 19.5. The van der Waals surface area contributed by atoms with Crippen LogP contribution < -0.4 is 15.0 Å². The van der Waals surface area contributed by atoms with Crippen molar-refractivity contribution in [3.05, 3.63) is 87.9 Å². The van der Waals surface area contributed by atoms with Gasteiger partial charge in [0, 0.05) is 10.7 Å². The lowest BCUT2D eigenvalue weighted by atomic mass is 10.1. The van der Waals surface area contributed by atoms with Crippen LogP contribution in [0.15, 0.2) is 66.7 Å². The van der Waals surface area contributed by atoms with Crippen LogP contribution in [0.25, 0.3) is 0 Å². The minimum Gasteiger partial charge on any atom is -0.492 e. The summed E-state index contributed by atoms with van der Waals surface area (Å²) >= 11 is 13.6. The molecule has 0 spiro atoms. The predicted molar refractivity (Wildman–Crippen MR) is 131 cm³/mol. The van der Waals surface area contributed by atoms with Crippen LogP contribution >= 0.6 is 35.0 Å². The first-order valence-electron chi connectivity index (χ1n) is 9.99. The highest BCUT2D eigenvalue weighted by atomic mass is 35.5. The molecule has 3 aromatic rings. The van der Waals surface area contributed by atoms with Crippen LogP contribution in [0.5, 0.6) is 5.75 Å². The molecule has 1 fully saturated rings. The Kier molecular flexibility index (Phi) is 6.94. The topological polar surface area (TPSA) is 58.6 Å². The zero-order chi connectivity index (χ0) is 22.7.